The van der Waals surface area contributed by atoms with E-state index < -0.39 is 46.6 Å². The highest BCUT2D eigenvalue weighted by molar-refractivity contribution is 6.04. The maximum absolute atomic E-state index is 13.9. The molecule has 0 aliphatic carbocycles. The number of H-pyrrole nitrogens is 1. The van der Waals surface area contributed by atoms with Crippen LogP contribution in [0.5, 0.6) is 0 Å². The second-order valence-corrected chi connectivity index (χ2v) is 6.62. The van der Waals surface area contributed by atoms with Crippen molar-refractivity contribution >= 4 is 22.4 Å². The van der Waals surface area contributed by atoms with Crippen molar-refractivity contribution in [1.82, 2.24) is 25.0 Å². The molecule has 3 heterocycles. The molecule has 0 aliphatic heterocycles. The Bertz CT molecular complexity index is 1420. The minimum Gasteiger partial charge on any atom is -0.329 e. The molecule has 4 rings (SSSR count). The number of hydrogen-bond donors (Lipinski definition) is 2. The molecule has 1 aromatic carbocycles. The van der Waals surface area contributed by atoms with Gasteiger partial charge in [0.2, 0.25) is 0 Å². The summed E-state index contributed by atoms with van der Waals surface area (Å²) in [6, 6.07) is 6.74. The SMILES string of the molecule is O=C(Nc1ccnc(C(F)(F)F)c1)c1nnn(-c2cccc3c(=O)[nH]ccc23)c1C(F)(F)F. The van der Waals surface area contributed by atoms with Gasteiger partial charge in [0.05, 0.1) is 5.69 Å². The van der Waals surface area contributed by atoms with E-state index in [-0.39, 0.29) is 16.5 Å². The van der Waals surface area contributed by atoms with E-state index in [1.54, 1.807) is 0 Å². The molecule has 1 amide bonds. The lowest BCUT2D eigenvalue weighted by atomic mass is 10.1. The number of halogens is 6. The molecule has 170 valence electrons. The van der Waals surface area contributed by atoms with Crippen LogP contribution < -0.4 is 10.9 Å². The van der Waals surface area contributed by atoms with Crippen LogP contribution in [-0.4, -0.2) is 30.9 Å². The zero-order chi connectivity index (χ0) is 24.0. The first-order valence-corrected chi connectivity index (χ1v) is 8.95. The molecule has 0 spiro atoms. The third-order valence-corrected chi connectivity index (χ3v) is 4.48. The maximum atomic E-state index is 13.9. The molecule has 0 saturated carbocycles. The molecule has 33 heavy (non-hydrogen) atoms. The molecular weight excluding hydrogens is 458 g/mol. The third kappa shape index (κ3) is 4.14. The van der Waals surface area contributed by atoms with Crippen LogP contribution in [0.1, 0.15) is 21.9 Å². The quantitative estimate of drug-likeness (QED) is 0.445. The highest BCUT2D eigenvalue weighted by Crippen LogP contribution is 2.34. The Balaban J connectivity index is 1.81. The molecule has 4 aromatic rings. The standard InChI is InChI=1S/C19H10F6N6O2/c20-18(21,22)13-8-9(4-6-26-13)28-17(33)14-15(19(23,24)25)31(30-29-14)12-3-1-2-11-10(12)5-7-27-16(11)32/h1-8H,(H,27,32)(H,26,28,33). The average molecular weight is 468 g/mol. The van der Waals surface area contributed by atoms with E-state index in [2.05, 4.69) is 20.3 Å². The smallest absolute Gasteiger partial charge is 0.329 e. The third-order valence-electron chi connectivity index (χ3n) is 4.48. The summed E-state index contributed by atoms with van der Waals surface area (Å²) in [4.78, 5) is 30.0. The maximum Gasteiger partial charge on any atom is 0.435 e. The summed E-state index contributed by atoms with van der Waals surface area (Å²) in [7, 11) is 0. The van der Waals surface area contributed by atoms with Gasteiger partial charge in [-0.3, -0.25) is 14.6 Å². The highest BCUT2D eigenvalue weighted by atomic mass is 19.4. The van der Waals surface area contributed by atoms with E-state index in [1.807, 2.05) is 5.32 Å². The van der Waals surface area contributed by atoms with Gasteiger partial charge < -0.3 is 10.3 Å². The van der Waals surface area contributed by atoms with E-state index in [0.29, 0.717) is 10.7 Å². The number of nitrogens with zero attached hydrogens (tertiary/aromatic N) is 4. The number of aromatic amines is 1. The zero-order valence-corrected chi connectivity index (χ0v) is 16.0. The summed E-state index contributed by atoms with van der Waals surface area (Å²) >= 11 is 0. The van der Waals surface area contributed by atoms with Gasteiger partial charge in [0.15, 0.2) is 11.4 Å². The number of carbonyl (C=O) groups excluding carboxylic acids is 1. The Kier molecular flexibility index (Phi) is 5.14. The van der Waals surface area contributed by atoms with Crippen LogP contribution in [0.15, 0.2) is 53.6 Å². The lowest BCUT2D eigenvalue weighted by Crippen LogP contribution is -2.21. The Hall–Kier alpha value is -4.23. The second kappa shape index (κ2) is 7.72. The van der Waals surface area contributed by atoms with Crippen molar-refractivity contribution < 1.29 is 31.1 Å². The molecule has 0 bridgehead atoms. The van der Waals surface area contributed by atoms with Gasteiger partial charge in [-0.25, -0.2) is 4.68 Å². The number of aromatic nitrogens is 5. The molecule has 0 unspecified atom stereocenters. The average Bonchev–Trinajstić information content (AvgIpc) is 3.19. The largest absolute Gasteiger partial charge is 0.435 e. The Morgan fingerprint density at radius 3 is 2.45 bits per heavy atom. The molecule has 2 N–H and O–H groups in total. The summed E-state index contributed by atoms with van der Waals surface area (Å²) < 4.78 is 80.6. The summed E-state index contributed by atoms with van der Waals surface area (Å²) in [6.45, 7) is 0. The predicted molar refractivity (Wildman–Crippen MR) is 102 cm³/mol. The minimum atomic E-state index is -5.13. The van der Waals surface area contributed by atoms with Gasteiger partial charge in [-0.1, -0.05) is 11.3 Å². The Labute approximate surface area is 178 Å². The van der Waals surface area contributed by atoms with E-state index in [1.165, 1.54) is 30.5 Å². The number of hydrogen-bond acceptors (Lipinski definition) is 5. The van der Waals surface area contributed by atoms with Crippen molar-refractivity contribution in [3.8, 4) is 5.69 Å². The fraction of sp³-hybridized carbons (Fsp3) is 0.105. The fourth-order valence-corrected chi connectivity index (χ4v) is 3.10. The van der Waals surface area contributed by atoms with Crippen molar-refractivity contribution in [2.24, 2.45) is 0 Å². The van der Waals surface area contributed by atoms with Crippen molar-refractivity contribution in [2.75, 3.05) is 5.32 Å². The van der Waals surface area contributed by atoms with Gasteiger partial charge in [-0.15, -0.1) is 5.10 Å². The van der Waals surface area contributed by atoms with Gasteiger partial charge in [-0.05, 0) is 30.3 Å². The van der Waals surface area contributed by atoms with Crippen molar-refractivity contribution in [2.45, 2.75) is 12.4 Å². The first kappa shape index (κ1) is 22.0. The molecule has 0 aliphatic rings. The zero-order valence-electron chi connectivity index (χ0n) is 16.0. The van der Waals surface area contributed by atoms with E-state index in [0.717, 1.165) is 12.3 Å². The van der Waals surface area contributed by atoms with Crippen molar-refractivity contribution in [3.05, 3.63) is 76.2 Å². The Morgan fingerprint density at radius 1 is 1.00 bits per heavy atom. The summed E-state index contributed by atoms with van der Waals surface area (Å²) in [5, 5.41) is 8.87. The van der Waals surface area contributed by atoms with E-state index in [9.17, 15) is 35.9 Å². The number of carbonyl (C=O) groups is 1. The van der Waals surface area contributed by atoms with Crippen LogP contribution >= 0.6 is 0 Å². The molecule has 8 nitrogen and oxygen atoms in total. The highest BCUT2D eigenvalue weighted by Gasteiger charge is 2.42. The molecule has 0 radical (unpaired) electrons. The Morgan fingerprint density at radius 2 is 1.76 bits per heavy atom. The van der Waals surface area contributed by atoms with Gasteiger partial charge in [0, 0.05) is 28.9 Å². The minimum absolute atomic E-state index is 0.0705. The summed E-state index contributed by atoms with van der Waals surface area (Å²) in [6.07, 6.45) is -7.98. The molecule has 0 saturated heterocycles. The lowest BCUT2D eigenvalue weighted by molar-refractivity contribution is -0.143. The molecular formula is C19H10F6N6O2. The number of benzene rings is 1. The van der Waals surface area contributed by atoms with Crippen LogP contribution in [0.25, 0.3) is 16.5 Å². The number of pyridine rings is 2. The monoisotopic (exact) mass is 468 g/mol. The lowest BCUT2D eigenvalue weighted by Gasteiger charge is -2.13. The van der Waals surface area contributed by atoms with Crippen LogP contribution in [0.2, 0.25) is 0 Å². The predicted octanol–water partition coefficient (Wildman–Crippen LogP) is 3.79. The normalized spacial score (nSPS) is 12.2. The van der Waals surface area contributed by atoms with Gasteiger partial charge in [0.1, 0.15) is 5.69 Å². The van der Waals surface area contributed by atoms with Crippen molar-refractivity contribution in [3.63, 3.8) is 0 Å². The van der Waals surface area contributed by atoms with Crippen LogP contribution in [0.4, 0.5) is 32.0 Å². The summed E-state index contributed by atoms with van der Waals surface area (Å²) in [5.74, 6) is -1.44. The molecule has 14 heteroatoms. The van der Waals surface area contributed by atoms with Gasteiger partial charge >= 0.3 is 12.4 Å². The molecule has 0 atom stereocenters. The number of alkyl halides is 6. The first-order chi connectivity index (χ1) is 15.5. The van der Waals surface area contributed by atoms with Crippen LogP contribution in [-0.2, 0) is 12.4 Å². The number of anilines is 1. The van der Waals surface area contributed by atoms with Crippen LogP contribution in [0.3, 0.4) is 0 Å². The van der Waals surface area contributed by atoms with E-state index in [4.69, 9.17) is 0 Å². The van der Waals surface area contributed by atoms with Gasteiger partial charge in [-0.2, -0.15) is 26.3 Å². The first-order valence-electron chi connectivity index (χ1n) is 8.95. The second-order valence-electron chi connectivity index (χ2n) is 6.62. The number of rotatable bonds is 3. The van der Waals surface area contributed by atoms with Crippen LogP contribution in [0, 0.1) is 0 Å². The number of fused-ring (bicyclic) bond motifs is 1. The number of amides is 1. The number of nitrogens with one attached hydrogen (secondary N) is 2. The summed E-state index contributed by atoms with van der Waals surface area (Å²) in [5.41, 5.74) is -5.27. The molecule has 0 fully saturated rings. The fourth-order valence-electron chi connectivity index (χ4n) is 3.10. The van der Waals surface area contributed by atoms with E-state index >= 15 is 0 Å². The topological polar surface area (TPSA) is 106 Å². The molecule has 3 aromatic heterocycles. The van der Waals surface area contributed by atoms with Crippen molar-refractivity contribution in [1.29, 1.82) is 0 Å². The van der Waals surface area contributed by atoms with Gasteiger partial charge in [0.25, 0.3) is 11.5 Å².